The molecule has 3 N–H and O–H groups in total. The largest absolute Gasteiger partial charge is 0.480 e. The molecule has 4 heteroatoms. The number of nitrogens with two attached hydrogens (primary N) is 1. The molecule has 1 fully saturated rings. The van der Waals surface area contributed by atoms with Crippen molar-refractivity contribution >= 4 is 5.97 Å². The molecular formula is C24H21NO3. The number of benzene rings is 3. The van der Waals surface area contributed by atoms with Crippen molar-refractivity contribution in [3.05, 3.63) is 95.6 Å². The number of carboxylic acid groups (broad SMARTS) is 1. The Bertz CT molecular complexity index is 1000. The summed E-state index contributed by atoms with van der Waals surface area (Å²) in [5, 5.41) is 9.29. The van der Waals surface area contributed by atoms with Crippen LogP contribution >= 0.6 is 0 Å². The molecule has 3 unspecified atom stereocenters. The number of hydrogen-bond acceptors (Lipinski definition) is 3. The highest BCUT2D eigenvalue weighted by Gasteiger charge is 2.54. The first-order valence-electron chi connectivity index (χ1n) is 9.54. The molecule has 0 heterocycles. The lowest BCUT2D eigenvalue weighted by Crippen LogP contribution is -2.36. The van der Waals surface area contributed by atoms with Crippen LogP contribution in [0.3, 0.4) is 0 Å². The molecule has 5 rings (SSSR count). The third-order valence-corrected chi connectivity index (χ3v) is 5.94. The maximum Gasteiger partial charge on any atom is 0.320 e. The Hall–Kier alpha value is -2.95. The molecule has 2 aliphatic carbocycles. The number of hydrogen-bond donors (Lipinski definition) is 2. The molecule has 0 saturated heterocycles. The summed E-state index contributed by atoms with van der Waals surface area (Å²) in [6.07, 6.45) is 0.470. The van der Waals surface area contributed by atoms with E-state index in [9.17, 15) is 9.90 Å². The molecule has 2 aliphatic rings. The van der Waals surface area contributed by atoms with Crippen molar-refractivity contribution in [2.75, 3.05) is 0 Å². The van der Waals surface area contributed by atoms with Gasteiger partial charge >= 0.3 is 5.97 Å². The van der Waals surface area contributed by atoms with Gasteiger partial charge in [-0.1, -0.05) is 78.9 Å². The summed E-state index contributed by atoms with van der Waals surface area (Å²) in [6, 6.07) is 25.9. The maximum absolute atomic E-state index is 11.3. The molecule has 4 nitrogen and oxygen atoms in total. The molecule has 28 heavy (non-hydrogen) atoms. The summed E-state index contributed by atoms with van der Waals surface area (Å²) in [6.45, 7) is 0. The number of ether oxygens (including phenoxy) is 1. The second-order valence-corrected chi connectivity index (χ2v) is 7.56. The summed E-state index contributed by atoms with van der Waals surface area (Å²) < 4.78 is 6.79. The smallest absolute Gasteiger partial charge is 0.320 e. The van der Waals surface area contributed by atoms with Crippen LogP contribution in [0.15, 0.2) is 78.9 Å². The van der Waals surface area contributed by atoms with Gasteiger partial charge in [0.15, 0.2) is 0 Å². The highest BCUT2D eigenvalue weighted by molar-refractivity contribution is 5.82. The molecular weight excluding hydrogens is 350 g/mol. The highest BCUT2D eigenvalue weighted by Crippen LogP contribution is 2.56. The Kier molecular flexibility index (Phi) is 3.86. The zero-order valence-electron chi connectivity index (χ0n) is 15.3. The molecule has 3 atom stereocenters. The molecule has 140 valence electrons. The minimum atomic E-state index is -0.975. The quantitative estimate of drug-likeness (QED) is 0.716. The van der Waals surface area contributed by atoms with Gasteiger partial charge in [0, 0.05) is 17.0 Å². The van der Waals surface area contributed by atoms with Gasteiger partial charge in [-0.2, -0.15) is 0 Å². The molecule has 0 spiro atoms. The van der Waals surface area contributed by atoms with Gasteiger partial charge in [0.05, 0.1) is 6.10 Å². The number of rotatable bonds is 5. The summed E-state index contributed by atoms with van der Waals surface area (Å²) in [5.74, 6) is -1.14. The number of carboxylic acids is 1. The van der Waals surface area contributed by atoms with Crippen LogP contribution in [-0.2, 0) is 15.1 Å². The average Bonchev–Trinajstić information content (AvgIpc) is 3.44. The fraction of sp³-hybridized carbons (Fsp3) is 0.208. The van der Waals surface area contributed by atoms with Crippen molar-refractivity contribution < 1.29 is 14.6 Å². The van der Waals surface area contributed by atoms with Crippen LogP contribution in [0, 0.1) is 5.92 Å². The van der Waals surface area contributed by atoms with Crippen LogP contribution in [-0.4, -0.2) is 23.2 Å². The second kappa shape index (κ2) is 6.30. The van der Waals surface area contributed by atoms with Crippen molar-refractivity contribution in [1.82, 2.24) is 0 Å². The van der Waals surface area contributed by atoms with Crippen molar-refractivity contribution in [1.29, 1.82) is 0 Å². The van der Waals surface area contributed by atoms with Crippen LogP contribution in [0.1, 0.15) is 23.1 Å². The lowest BCUT2D eigenvalue weighted by Gasteiger charge is -2.33. The molecule has 0 bridgehead atoms. The van der Waals surface area contributed by atoms with E-state index in [2.05, 4.69) is 36.4 Å². The summed E-state index contributed by atoms with van der Waals surface area (Å²) >= 11 is 0. The van der Waals surface area contributed by atoms with Crippen molar-refractivity contribution in [3.63, 3.8) is 0 Å². The van der Waals surface area contributed by atoms with E-state index in [0.717, 1.165) is 27.8 Å². The third kappa shape index (κ3) is 2.42. The van der Waals surface area contributed by atoms with Gasteiger partial charge in [0.2, 0.25) is 0 Å². The Morgan fingerprint density at radius 1 is 0.929 bits per heavy atom. The average molecular weight is 371 g/mol. The maximum atomic E-state index is 11.3. The Balaban J connectivity index is 1.68. The number of carbonyl (C=O) groups is 1. The van der Waals surface area contributed by atoms with Crippen molar-refractivity contribution in [3.8, 4) is 11.1 Å². The third-order valence-electron chi connectivity index (χ3n) is 5.94. The second-order valence-electron chi connectivity index (χ2n) is 7.56. The molecule has 0 aliphatic heterocycles. The predicted molar refractivity (Wildman–Crippen MR) is 107 cm³/mol. The van der Waals surface area contributed by atoms with E-state index in [1.807, 2.05) is 42.5 Å². The topological polar surface area (TPSA) is 72.6 Å². The van der Waals surface area contributed by atoms with Gasteiger partial charge in [-0.05, 0) is 23.1 Å². The van der Waals surface area contributed by atoms with E-state index in [4.69, 9.17) is 10.5 Å². The van der Waals surface area contributed by atoms with Crippen LogP contribution in [0.25, 0.3) is 11.1 Å². The van der Waals surface area contributed by atoms with Crippen LogP contribution in [0.4, 0.5) is 0 Å². The molecule has 3 aromatic carbocycles. The molecule has 3 aromatic rings. The van der Waals surface area contributed by atoms with Crippen molar-refractivity contribution in [2.45, 2.75) is 24.2 Å². The first kappa shape index (κ1) is 17.2. The SMILES string of the molecule is NC(C(=O)O)C1CC1OC1(c2ccccc2)c2ccccc2-c2ccccc21. The highest BCUT2D eigenvalue weighted by atomic mass is 16.5. The monoisotopic (exact) mass is 371 g/mol. The molecule has 0 amide bonds. The minimum absolute atomic E-state index is 0.169. The van der Waals surface area contributed by atoms with Gasteiger partial charge in [0.1, 0.15) is 11.6 Å². The number of aliphatic carboxylic acids is 1. The van der Waals surface area contributed by atoms with Gasteiger partial charge in [-0.15, -0.1) is 0 Å². The van der Waals surface area contributed by atoms with E-state index in [-0.39, 0.29) is 12.0 Å². The summed E-state index contributed by atoms with van der Waals surface area (Å²) in [5.41, 5.74) is 10.7. The zero-order chi connectivity index (χ0) is 19.3. The summed E-state index contributed by atoms with van der Waals surface area (Å²) in [4.78, 5) is 11.3. The van der Waals surface area contributed by atoms with Gasteiger partial charge in [-0.25, -0.2) is 0 Å². The predicted octanol–water partition coefficient (Wildman–Crippen LogP) is 3.78. The van der Waals surface area contributed by atoms with E-state index >= 15 is 0 Å². The van der Waals surface area contributed by atoms with Crippen LogP contribution in [0.2, 0.25) is 0 Å². The fourth-order valence-electron chi connectivity index (χ4n) is 4.49. The zero-order valence-corrected chi connectivity index (χ0v) is 15.3. The van der Waals surface area contributed by atoms with E-state index in [0.29, 0.717) is 6.42 Å². The Morgan fingerprint density at radius 3 is 2.04 bits per heavy atom. The van der Waals surface area contributed by atoms with E-state index in [1.165, 1.54) is 0 Å². The summed E-state index contributed by atoms with van der Waals surface area (Å²) in [7, 11) is 0. The van der Waals surface area contributed by atoms with Crippen LogP contribution in [0.5, 0.6) is 0 Å². The van der Waals surface area contributed by atoms with E-state index in [1.54, 1.807) is 0 Å². The van der Waals surface area contributed by atoms with Gasteiger partial charge in [-0.3, -0.25) is 4.79 Å². The minimum Gasteiger partial charge on any atom is -0.480 e. The molecule has 0 aromatic heterocycles. The van der Waals surface area contributed by atoms with Gasteiger partial charge < -0.3 is 15.6 Å². The lowest BCUT2D eigenvalue weighted by molar-refractivity contribution is -0.139. The molecule has 1 saturated carbocycles. The standard InChI is InChI=1S/C24H21NO3/c25-22(23(26)27)18-14-21(18)28-24(15-8-2-1-3-9-15)19-12-6-4-10-16(19)17-11-5-7-13-20(17)24/h1-13,18,21-22H,14,25H2,(H,26,27). The number of fused-ring (bicyclic) bond motifs is 3. The normalized spacial score (nSPS) is 22.2. The Morgan fingerprint density at radius 2 is 1.46 bits per heavy atom. The first-order chi connectivity index (χ1) is 13.6. The Labute approximate surface area is 163 Å². The van der Waals surface area contributed by atoms with Crippen molar-refractivity contribution in [2.24, 2.45) is 11.7 Å². The first-order valence-corrected chi connectivity index (χ1v) is 9.54. The van der Waals surface area contributed by atoms with Crippen LogP contribution < -0.4 is 5.73 Å². The lowest BCUT2D eigenvalue weighted by atomic mass is 9.84. The van der Waals surface area contributed by atoms with E-state index < -0.39 is 17.6 Å². The molecule has 0 radical (unpaired) electrons. The van der Waals surface area contributed by atoms with Gasteiger partial charge in [0.25, 0.3) is 0 Å². The fourth-order valence-corrected chi connectivity index (χ4v) is 4.49.